The Morgan fingerprint density at radius 3 is 2.74 bits per heavy atom. The van der Waals surface area contributed by atoms with Crippen LogP contribution in [-0.4, -0.2) is 34.3 Å². The molecule has 8 nitrogen and oxygen atoms in total. The summed E-state index contributed by atoms with van der Waals surface area (Å²) in [7, 11) is 1.45. The van der Waals surface area contributed by atoms with Gasteiger partial charge in [0.2, 0.25) is 5.43 Å². The molecular weight excluding hydrogens is 404 g/mol. The number of ether oxygens (including phenoxy) is 3. The second kappa shape index (κ2) is 6.63. The Balaban J connectivity index is 1.82. The molecule has 3 aromatic rings. The topological polar surface area (TPSA) is 119 Å². The van der Waals surface area contributed by atoms with Gasteiger partial charge in [-0.15, -0.1) is 0 Å². The second-order valence-electron chi connectivity index (χ2n) is 8.51. The van der Waals surface area contributed by atoms with Gasteiger partial charge in [0.25, 0.3) is 6.29 Å². The summed E-state index contributed by atoms with van der Waals surface area (Å²) in [4.78, 5) is 13.5. The maximum Gasteiger partial charge on any atom is 0.250 e. The fourth-order valence-corrected chi connectivity index (χ4v) is 4.39. The van der Waals surface area contributed by atoms with E-state index in [1.807, 2.05) is 6.08 Å². The van der Waals surface area contributed by atoms with E-state index in [9.17, 15) is 20.1 Å². The average molecular weight is 426 g/mol. The van der Waals surface area contributed by atoms with E-state index in [0.717, 1.165) is 0 Å². The van der Waals surface area contributed by atoms with Crippen LogP contribution in [0.5, 0.6) is 17.2 Å². The van der Waals surface area contributed by atoms with Crippen molar-refractivity contribution in [3.8, 4) is 17.2 Å². The van der Waals surface area contributed by atoms with Gasteiger partial charge in [-0.3, -0.25) is 4.79 Å². The number of hydrogen-bond acceptors (Lipinski definition) is 8. The Morgan fingerprint density at radius 1 is 1.26 bits per heavy atom. The normalized spacial score (nSPS) is 20.4. The summed E-state index contributed by atoms with van der Waals surface area (Å²) in [6.45, 7) is 3.15. The molecule has 0 aliphatic carbocycles. The van der Waals surface area contributed by atoms with Crippen LogP contribution in [0.4, 0.5) is 0 Å². The molecule has 2 aliphatic rings. The van der Waals surface area contributed by atoms with Crippen molar-refractivity contribution in [3.05, 3.63) is 51.9 Å². The SMILES string of the molecule is COc1c2c(cc3oc4c([C@H](O)CC(C)(C)O)ccc(O)c4c(=O)c13)O[C@@H]1OC=C[C@H]21. The van der Waals surface area contributed by atoms with E-state index in [-0.39, 0.29) is 45.6 Å². The van der Waals surface area contributed by atoms with Crippen LogP contribution >= 0.6 is 0 Å². The van der Waals surface area contributed by atoms with Gasteiger partial charge in [0, 0.05) is 18.1 Å². The molecule has 0 amide bonds. The molecule has 1 aromatic heterocycles. The van der Waals surface area contributed by atoms with E-state index >= 15 is 0 Å². The molecule has 0 bridgehead atoms. The molecule has 0 saturated carbocycles. The highest BCUT2D eigenvalue weighted by Crippen LogP contribution is 2.50. The third kappa shape index (κ3) is 2.94. The Bertz CT molecular complexity index is 1300. The first-order chi connectivity index (χ1) is 14.7. The Labute approximate surface area is 176 Å². The fourth-order valence-electron chi connectivity index (χ4n) is 4.39. The molecule has 3 N–H and O–H groups in total. The lowest BCUT2D eigenvalue weighted by Crippen LogP contribution is -2.22. The predicted octanol–water partition coefficient (Wildman–Crippen LogP) is 3.20. The van der Waals surface area contributed by atoms with E-state index in [2.05, 4.69) is 0 Å². The summed E-state index contributed by atoms with van der Waals surface area (Å²) in [5.74, 6) is 0.279. The largest absolute Gasteiger partial charge is 0.507 e. The Hall–Kier alpha value is -3.23. The van der Waals surface area contributed by atoms with Gasteiger partial charge in [-0.1, -0.05) is 0 Å². The van der Waals surface area contributed by atoms with E-state index in [0.29, 0.717) is 17.1 Å². The summed E-state index contributed by atoms with van der Waals surface area (Å²) in [6, 6.07) is 4.41. The van der Waals surface area contributed by atoms with Gasteiger partial charge in [-0.05, 0) is 32.1 Å². The number of rotatable bonds is 4. The molecule has 8 heteroatoms. The van der Waals surface area contributed by atoms with Gasteiger partial charge in [0.05, 0.1) is 36.6 Å². The summed E-state index contributed by atoms with van der Waals surface area (Å²) in [5.41, 5.74) is -0.429. The molecular formula is C23H22O8. The predicted molar refractivity (Wildman–Crippen MR) is 111 cm³/mol. The monoisotopic (exact) mass is 426 g/mol. The number of phenolic OH excluding ortho intramolecular Hbond substituents is 1. The second-order valence-corrected chi connectivity index (χ2v) is 8.51. The van der Waals surface area contributed by atoms with Crippen molar-refractivity contribution >= 4 is 21.9 Å². The molecule has 0 fully saturated rings. The highest BCUT2D eigenvalue weighted by molar-refractivity contribution is 5.98. The minimum atomic E-state index is -1.15. The van der Waals surface area contributed by atoms with Crippen LogP contribution in [0.2, 0.25) is 0 Å². The van der Waals surface area contributed by atoms with Crippen LogP contribution < -0.4 is 14.9 Å². The van der Waals surface area contributed by atoms with Crippen LogP contribution in [0, 0.1) is 0 Å². The smallest absolute Gasteiger partial charge is 0.250 e. The van der Waals surface area contributed by atoms with Gasteiger partial charge in [-0.2, -0.15) is 0 Å². The zero-order chi connectivity index (χ0) is 22.1. The minimum absolute atomic E-state index is 0.0122. The third-order valence-corrected chi connectivity index (χ3v) is 5.70. The lowest BCUT2D eigenvalue weighted by molar-refractivity contribution is -0.00482. The first-order valence-corrected chi connectivity index (χ1v) is 9.92. The average Bonchev–Trinajstić information content (AvgIpc) is 3.26. The van der Waals surface area contributed by atoms with Crippen LogP contribution in [0.3, 0.4) is 0 Å². The van der Waals surface area contributed by atoms with E-state index in [1.54, 1.807) is 26.2 Å². The van der Waals surface area contributed by atoms with Gasteiger partial charge in [-0.25, -0.2) is 0 Å². The minimum Gasteiger partial charge on any atom is -0.507 e. The molecule has 3 heterocycles. The van der Waals surface area contributed by atoms with E-state index in [4.69, 9.17) is 18.6 Å². The maximum atomic E-state index is 13.5. The number of benzene rings is 2. The van der Waals surface area contributed by atoms with E-state index < -0.39 is 23.4 Å². The number of methoxy groups -OCH3 is 1. The van der Waals surface area contributed by atoms with Crippen molar-refractivity contribution in [2.75, 3.05) is 7.11 Å². The molecule has 2 aromatic carbocycles. The highest BCUT2D eigenvalue weighted by Gasteiger charge is 2.41. The van der Waals surface area contributed by atoms with Gasteiger partial charge >= 0.3 is 0 Å². The van der Waals surface area contributed by atoms with Crippen LogP contribution in [0.15, 0.2) is 39.7 Å². The quantitative estimate of drug-likeness (QED) is 0.544. The van der Waals surface area contributed by atoms with Gasteiger partial charge in [0.1, 0.15) is 39.2 Å². The van der Waals surface area contributed by atoms with Gasteiger partial charge in [0.15, 0.2) is 0 Å². The zero-order valence-corrected chi connectivity index (χ0v) is 17.2. The van der Waals surface area contributed by atoms with Crippen molar-refractivity contribution in [1.82, 2.24) is 0 Å². The number of fused-ring (bicyclic) bond motifs is 5. The molecule has 3 atom stereocenters. The van der Waals surface area contributed by atoms with Crippen molar-refractivity contribution in [2.24, 2.45) is 0 Å². The van der Waals surface area contributed by atoms with Crippen molar-refractivity contribution in [2.45, 2.75) is 44.2 Å². The highest BCUT2D eigenvalue weighted by atomic mass is 16.7. The molecule has 0 spiro atoms. The van der Waals surface area contributed by atoms with E-state index in [1.165, 1.54) is 19.2 Å². The van der Waals surface area contributed by atoms with Crippen molar-refractivity contribution < 1.29 is 33.9 Å². The molecule has 0 saturated heterocycles. The number of aromatic hydroxyl groups is 1. The molecule has 31 heavy (non-hydrogen) atoms. The summed E-state index contributed by atoms with van der Waals surface area (Å²) in [6.07, 6.45) is 1.73. The number of aliphatic hydroxyl groups excluding tert-OH is 1. The molecule has 162 valence electrons. The Kier molecular flexibility index (Phi) is 4.22. The summed E-state index contributed by atoms with van der Waals surface area (Å²) < 4.78 is 22.9. The van der Waals surface area contributed by atoms with Crippen LogP contribution in [-0.2, 0) is 4.74 Å². The Morgan fingerprint density at radius 2 is 2.03 bits per heavy atom. The lowest BCUT2D eigenvalue weighted by atomic mass is 9.93. The summed E-state index contributed by atoms with van der Waals surface area (Å²) in [5, 5.41) is 31.4. The zero-order valence-electron chi connectivity index (χ0n) is 17.2. The fraction of sp³-hybridized carbons (Fsp3) is 0.348. The first kappa shape index (κ1) is 19.7. The maximum absolute atomic E-state index is 13.5. The van der Waals surface area contributed by atoms with Crippen LogP contribution in [0.1, 0.15) is 43.4 Å². The molecule has 5 rings (SSSR count). The number of phenols is 1. The number of aliphatic hydroxyl groups is 2. The van der Waals surface area contributed by atoms with Gasteiger partial charge < -0.3 is 33.9 Å². The number of hydrogen-bond donors (Lipinski definition) is 3. The first-order valence-electron chi connectivity index (χ1n) is 9.92. The van der Waals surface area contributed by atoms with Crippen molar-refractivity contribution in [3.63, 3.8) is 0 Å². The molecule has 0 radical (unpaired) electrons. The van der Waals surface area contributed by atoms with Crippen molar-refractivity contribution in [1.29, 1.82) is 0 Å². The third-order valence-electron chi connectivity index (χ3n) is 5.70. The molecule has 0 unspecified atom stereocenters. The summed E-state index contributed by atoms with van der Waals surface area (Å²) >= 11 is 0. The standard InChI is InChI=1S/C23H22O8/c1-23(2,27)9-13(25)10-4-5-12(24)17-19(26)18-15(30-20(10)17)8-14-16(21(18)28-3)11-6-7-29-22(11)31-14/h4-8,11,13,22,24-25,27H,9H2,1-3H3/t11-,13-,22+/m1/s1. The molecule has 2 aliphatic heterocycles. The van der Waals surface area contributed by atoms with Crippen LogP contribution in [0.25, 0.3) is 21.9 Å². The lowest BCUT2D eigenvalue weighted by Gasteiger charge is -2.22.